The number of hydrogen-bond acceptors (Lipinski definition) is 6. The summed E-state index contributed by atoms with van der Waals surface area (Å²) in [5.41, 5.74) is 4.40. The third-order valence-corrected chi connectivity index (χ3v) is 3.41. The summed E-state index contributed by atoms with van der Waals surface area (Å²) >= 11 is 0. The highest BCUT2D eigenvalue weighted by Gasteiger charge is 2.27. The molecule has 0 atom stereocenters. The fourth-order valence-electron chi connectivity index (χ4n) is 1.12. The third kappa shape index (κ3) is 2.16. The van der Waals surface area contributed by atoms with E-state index >= 15 is 0 Å². The van der Waals surface area contributed by atoms with E-state index in [1.54, 1.807) is 0 Å². The van der Waals surface area contributed by atoms with Crippen molar-refractivity contribution in [2.45, 2.75) is 4.90 Å². The first kappa shape index (κ1) is 12.1. The number of rotatable bonds is 4. The fraction of sp³-hybridized carbons (Fsp3) is 0.125. The number of anilines is 1. The van der Waals surface area contributed by atoms with Crippen molar-refractivity contribution < 1.29 is 13.3 Å². The number of sulfone groups is 1. The van der Waals surface area contributed by atoms with Gasteiger partial charge in [-0.05, 0) is 0 Å². The number of aromatic nitrogens is 1. The SMILES string of the molecule is C=CCS(=O)(=O)c1cncc(N)c1[N+](=O)[O-]. The number of nitro groups is 1. The summed E-state index contributed by atoms with van der Waals surface area (Å²) in [4.78, 5) is 12.9. The quantitative estimate of drug-likeness (QED) is 0.468. The maximum atomic E-state index is 11.6. The van der Waals surface area contributed by atoms with Crippen LogP contribution in [0.2, 0.25) is 0 Å². The van der Waals surface area contributed by atoms with Crippen LogP contribution in [0.5, 0.6) is 0 Å². The van der Waals surface area contributed by atoms with Crippen molar-refractivity contribution in [3.63, 3.8) is 0 Å². The van der Waals surface area contributed by atoms with Gasteiger partial charge in [-0.3, -0.25) is 15.1 Å². The van der Waals surface area contributed by atoms with Gasteiger partial charge in [0, 0.05) is 0 Å². The second-order valence-corrected chi connectivity index (χ2v) is 4.91. The van der Waals surface area contributed by atoms with E-state index in [9.17, 15) is 18.5 Å². The molecule has 0 bridgehead atoms. The second-order valence-electron chi connectivity index (χ2n) is 2.90. The Morgan fingerprint density at radius 3 is 2.69 bits per heavy atom. The number of nitrogens with zero attached hydrogens (tertiary/aromatic N) is 2. The molecule has 0 amide bonds. The third-order valence-electron chi connectivity index (χ3n) is 1.77. The van der Waals surface area contributed by atoms with Crippen molar-refractivity contribution in [1.82, 2.24) is 4.98 Å². The number of hydrogen-bond donors (Lipinski definition) is 1. The van der Waals surface area contributed by atoms with Crippen LogP contribution in [0.15, 0.2) is 29.9 Å². The van der Waals surface area contributed by atoms with Gasteiger partial charge < -0.3 is 5.73 Å². The molecule has 16 heavy (non-hydrogen) atoms. The Bertz CT molecular complexity index is 538. The van der Waals surface area contributed by atoms with E-state index in [2.05, 4.69) is 11.6 Å². The Balaban J connectivity index is 3.51. The predicted molar refractivity (Wildman–Crippen MR) is 57.6 cm³/mol. The molecule has 0 aromatic carbocycles. The Morgan fingerprint density at radius 2 is 2.19 bits per heavy atom. The minimum Gasteiger partial charge on any atom is -0.392 e. The first-order chi connectivity index (χ1) is 7.40. The molecule has 1 aromatic heterocycles. The summed E-state index contributed by atoms with van der Waals surface area (Å²) in [6.07, 6.45) is 3.08. The van der Waals surface area contributed by atoms with E-state index in [0.717, 1.165) is 18.5 Å². The molecular weight excluding hydrogens is 234 g/mol. The average molecular weight is 243 g/mol. The monoisotopic (exact) mass is 243 g/mol. The minimum atomic E-state index is -3.81. The van der Waals surface area contributed by atoms with E-state index in [1.165, 1.54) is 0 Å². The van der Waals surface area contributed by atoms with Crippen molar-refractivity contribution in [2.24, 2.45) is 0 Å². The molecule has 0 unspecified atom stereocenters. The van der Waals surface area contributed by atoms with E-state index in [1.807, 2.05) is 0 Å². The number of nitrogen functional groups attached to an aromatic ring is 1. The lowest BCUT2D eigenvalue weighted by molar-refractivity contribution is -0.386. The molecule has 1 rings (SSSR count). The van der Waals surface area contributed by atoms with Crippen molar-refractivity contribution in [3.8, 4) is 0 Å². The van der Waals surface area contributed by atoms with Gasteiger partial charge in [0.15, 0.2) is 14.7 Å². The summed E-state index contributed by atoms with van der Waals surface area (Å²) in [6, 6.07) is 0. The lowest BCUT2D eigenvalue weighted by Gasteiger charge is -2.03. The molecule has 7 nitrogen and oxygen atoms in total. The predicted octanol–water partition coefficient (Wildman–Crippen LogP) is 0.532. The minimum absolute atomic E-state index is 0.282. The van der Waals surface area contributed by atoms with E-state index in [4.69, 9.17) is 5.73 Å². The molecule has 1 heterocycles. The maximum Gasteiger partial charge on any atom is 0.313 e. The highest BCUT2D eigenvalue weighted by atomic mass is 32.2. The second kappa shape index (κ2) is 4.27. The van der Waals surface area contributed by atoms with Gasteiger partial charge in [-0.25, -0.2) is 8.42 Å². The van der Waals surface area contributed by atoms with Gasteiger partial charge in [0.05, 0.1) is 23.1 Å². The van der Waals surface area contributed by atoms with Crippen LogP contribution in [0, 0.1) is 10.1 Å². The Kier molecular flexibility index (Phi) is 3.23. The van der Waals surface area contributed by atoms with Crippen LogP contribution in [-0.4, -0.2) is 24.1 Å². The lowest BCUT2D eigenvalue weighted by atomic mass is 10.4. The fourth-order valence-corrected chi connectivity index (χ4v) is 2.32. The Morgan fingerprint density at radius 1 is 1.56 bits per heavy atom. The van der Waals surface area contributed by atoms with Crippen molar-refractivity contribution >= 4 is 21.2 Å². The van der Waals surface area contributed by atoms with Crippen molar-refractivity contribution in [1.29, 1.82) is 0 Å². The van der Waals surface area contributed by atoms with Crippen molar-refractivity contribution in [2.75, 3.05) is 11.5 Å². The molecule has 0 fully saturated rings. The smallest absolute Gasteiger partial charge is 0.313 e. The van der Waals surface area contributed by atoms with E-state index in [-0.39, 0.29) is 5.69 Å². The maximum absolute atomic E-state index is 11.6. The summed E-state index contributed by atoms with van der Waals surface area (Å²) in [6.45, 7) is 3.27. The summed E-state index contributed by atoms with van der Waals surface area (Å²) in [5.74, 6) is -0.404. The van der Waals surface area contributed by atoms with Crippen LogP contribution in [-0.2, 0) is 9.84 Å². The first-order valence-electron chi connectivity index (χ1n) is 4.11. The molecule has 0 radical (unpaired) electrons. The average Bonchev–Trinajstić information content (AvgIpc) is 2.16. The molecule has 0 saturated carbocycles. The van der Waals surface area contributed by atoms with Crippen LogP contribution in [0.1, 0.15) is 0 Å². The highest BCUT2D eigenvalue weighted by molar-refractivity contribution is 7.91. The highest BCUT2D eigenvalue weighted by Crippen LogP contribution is 2.29. The summed E-state index contributed by atoms with van der Waals surface area (Å²) < 4.78 is 23.3. The molecule has 2 N–H and O–H groups in total. The van der Waals surface area contributed by atoms with Crippen LogP contribution in [0.25, 0.3) is 0 Å². The molecule has 1 aromatic rings. The molecule has 0 aliphatic carbocycles. The van der Waals surface area contributed by atoms with Gasteiger partial charge in [0.1, 0.15) is 5.69 Å². The zero-order valence-corrected chi connectivity index (χ0v) is 8.98. The molecule has 0 aliphatic rings. The zero-order valence-electron chi connectivity index (χ0n) is 8.16. The van der Waals surface area contributed by atoms with E-state index in [0.29, 0.717) is 0 Å². The molecular formula is C8H9N3O4S. The summed E-state index contributed by atoms with van der Waals surface area (Å²) in [7, 11) is -3.81. The molecule has 0 saturated heterocycles. The molecule has 0 spiro atoms. The normalized spacial score (nSPS) is 11.0. The van der Waals surface area contributed by atoms with Crippen molar-refractivity contribution in [3.05, 3.63) is 35.2 Å². The van der Waals surface area contributed by atoms with E-state index < -0.39 is 31.1 Å². The molecule has 86 valence electrons. The Hall–Kier alpha value is -1.96. The molecule has 8 heteroatoms. The first-order valence-corrected chi connectivity index (χ1v) is 5.77. The van der Waals surface area contributed by atoms with Gasteiger partial charge >= 0.3 is 5.69 Å². The number of nitrogens with two attached hydrogens (primary N) is 1. The lowest BCUT2D eigenvalue weighted by Crippen LogP contribution is -2.10. The van der Waals surface area contributed by atoms with Crippen LogP contribution in [0.4, 0.5) is 11.4 Å². The topological polar surface area (TPSA) is 116 Å². The standard InChI is InChI=1S/C8H9N3O4S/c1-2-3-16(14,15)7-5-10-4-6(9)8(7)11(12)13/h2,4-5H,1,3,9H2. The van der Waals surface area contributed by atoms with Gasteiger partial charge in [-0.1, -0.05) is 6.08 Å². The van der Waals surface area contributed by atoms with Gasteiger partial charge in [-0.2, -0.15) is 0 Å². The van der Waals surface area contributed by atoms with Gasteiger partial charge in [0.2, 0.25) is 0 Å². The van der Waals surface area contributed by atoms with Crippen LogP contribution >= 0.6 is 0 Å². The Labute approximate surface area is 91.7 Å². The summed E-state index contributed by atoms with van der Waals surface area (Å²) in [5, 5.41) is 10.7. The number of pyridine rings is 1. The van der Waals surface area contributed by atoms with Crippen LogP contribution in [0.3, 0.4) is 0 Å². The van der Waals surface area contributed by atoms with Crippen LogP contribution < -0.4 is 5.73 Å². The zero-order chi connectivity index (χ0) is 12.3. The largest absolute Gasteiger partial charge is 0.392 e. The van der Waals surface area contributed by atoms with Gasteiger partial charge in [-0.15, -0.1) is 6.58 Å². The molecule has 0 aliphatic heterocycles. The van der Waals surface area contributed by atoms with Gasteiger partial charge in [0.25, 0.3) is 0 Å².